The quantitative estimate of drug-likeness (QED) is 0.893. The standard InChI is InChI=1S/C15H26N4O/c1-6-10-7-8-11(9(10)2)16-13(20)12-17-14(19-18-12)15(3,4)5/h9-11H,6-8H2,1-5H3,(H,16,20)(H,17,18,19). The predicted molar refractivity (Wildman–Crippen MR) is 78.5 cm³/mol. The minimum atomic E-state index is -0.162. The minimum Gasteiger partial charge on any atom is -0.346 e. The van der Waals surface area contributed by atoms with Crippen LogP contribution in [0.4, 0.5) is 0 Å². The van der Waals surface area contributed by atoms with Crippen molar-refractivity contribution >= 4 is 5.91 Å². The summed E-state index contributed by atoms with van der Waals surface area (Å²) in [5.74, 6) is 2.09. The topological polar surface area (TPSA) is 70.7 Å². The van der Waals surface area contributed by atoms with Gasteiger partial charge in [0, 0.05) is 11.5 Å². The summed E-state index contributed by atoms with van der Waals surface area (Å²) in [6.07, 6.45) is 3.44. The Morgan fingerprint density at radius 1 is 1.40 bits per heavy atom. The predicted octanol–water partition coefficient (Wildman–Crippen LogP) is 2.66. The van der Waals surface area contributed by atoms with E-state index in [0.29, 0.717) is 5.92 Å². The first-order valence-electron chi connectivity index (χ1n) is 7.56. The van der Waals surface area contributed by atoms with Gasteiger partial charge in [0.1, 0.15) is 5.82 Å². The van der Waals surface area contributed by atoms with E-state index < -0.39 is 0 Å². The Bertz CT molecular complexity index is 474. The van der Waals surface area contributed by atoms with Crippen LogP contribution in [-0.2, 0) is 5.41 Å². The van der Waals surface area contributed by atoms with Crippen LogP contribution in [0.3, 0.4) is 0 Å². The third kappa shape index (κ3) is 3.02. The molecule has 0 saturated heterocycles. The second kappa shape index (κ2) is 5.54. The van der Waals surface area contributed by atoms with E-state index in [-0.39, 0.29) is 23.2 Å². The average Bonchev–Trinajstić information content (AvgIpc) is 2.97. The summed E-state index contributed by atoms with van der Waals surface area (Å²) in [6, 6.07) is 0.254. The van der Waals surface area contributed by atoms with Gasteiger partial charge in [0.2, 0.25) is 5.82 Å². The van der Waals surface area contributed by atoms with Crippen molar-refractivity contribution < 1.29 is 4.79 Å². The molecule has 1 saturated carbocycles. The third-order valence-corrected chi connectivity index (χ3v) is 4.47. The molecule has 2 rings (SSSR count). The highest BCUT2D eigenvalue weighted by Gasteiger charge is 2.33. The zero-order valence-electron chi connectivity index (χ0n) is 13.2. The number of carbonyl (C=O) groups excluding carboxylic acids is 1. The molecule has 3 unspecified atom stereocenters. The summed E-state index contributed by atoms with van der Waals surface area (Å²) in [6.45, 7) is 10.6. The van der Waals surface area contributed by atoms with Crippen LogP contribution in [0, 0.1) is 11.8 Å². The van der Waals surface area contributed by atoms with E-state index in [4.69, 9.17) is 0 Å². The molecule has 5 nitrogen and oxygen atoms in total. The van der Waals surface area contributed by atoms with Crippen molar-refractivity contribution in [2.24, 2.45) is 11.8 Å². The van der Waals surface area contributed by atoms with Gasteiger partial charge in [-0.15, -0.1) is 5.10 Å². The molecule has 1 aromatic rings. The van der Waals surface area contributed by atoms with Gasteiger partial charge in [0.05, 0.1) is 0 Å². The van der Waals surface area contributed by atoms with Gasteiger partial charge >= 0.3 is 0 Å². The van der Waals surface area contributed by atoms with Gasteiger partial charge in [0.15, 0.2) is 0 Å². The van der Waals surface area contributed by atoms with Crippen molar-refractivity contribution in [1.82, 2.24) is 20.5 Å². The van der Waals surface area contributed by atoms with E-state index in [2.05, 4.69) is 34.3 Å². The normalized spacial score (nSPS) is 26.8. The maximum atomic E-state index is 12.2. The van der Waals surface area contributed by atoms with E-state index >= 15 is 0 Å². The van der Waals surface area contributed by atoms with Crippen LogP contribution < -0.4 is 5.32 Å². The number of nitrogens with zero attached hydrogens (tertiary/aromatic N) is 2. The van der Waals surface area contributed by atoms with Gasteiger partial charge in [-0.1, -0.05) is 41.0 Å². The summed E-state index contributed by atoms with van der Waals surface area (Å²) < 4.78 is 0. The molecule has 1 aliphatic rings. The molecule has 1 fully saturated rings. The Labute approximate surface area is 120 Å². The Balaban J connectivity index is 2.01. The number of nitrogens with one attached hydrogen (secondary N) is 2. The fraction of sp³-hybridized carbons (Fsp3) is 0.800. The molecule has 1 aliphatic carbocycles. The van der Waals surface area contributed by atoms with E-state index in [9.17, 15) is 4.79 Å². The van der Waals surface area contributed by atoms with Gasteiger partial charge in [-0.05, 0) is 24.7 Å². The van der Waals surface area contributed by atoms with Gasteiger partial charge in [0.25, 0.3) is 5.91 Å². The molecule has 0 aromatic carbocycles. The highest BCUT2D eigenvalue weighted by molar-refractivity contribution is 5.90. The number of hydrogen-bond acceptors (Lipinski definition) is 3. The molecular formula is C15H26N4O. The Morgan fingerprint density at radius 2 is 2.10 bits per heavy atom. The smallest absolute Gasteiger partial charge is 0.291 e. The molecule has 3 atom stereocenters. The fourth-order valence-electron chi connectivity index (χ4n) is 2.96. The maximum absolute atomic E-state index is 12.2. The van der Waals surface area contributed by atoms with Gasteiger partial charge in [-0.25, -0.2) is 4.98 Å². The maximum Gasteiger partial charge on any atom is 0.291 e. The van der Waals surface area contributed by atoms with Crippen LogP contribution in [0.25, 0.3) is 0 Å². The first kappa shape index (κ1) is 15.0. The number of aromatic amines is 1. The summed E-state index contributed by atoms with van der Waals surface area (Å²) in [5.41, 5.74) is -0.126. The van der Waals surface area contributed by atoms with Crippen molar-refractivity contribution in [3.8, 4) is 0 Å². The molecule has 1 amide bonds. The van der Waals surface area contributed by atoms with Crippen molar-refractivity contribution in [1.29, 1.82) is 0 Å². The van der Waals surface area contributed by atoms with Crippen molar-refractivity contribution in [2.45, 2.75) is 65.3 Å². The Hall–Kier alpha value is -1.39. The highest BCUT2D eigenvalue weighted by Crippen LogP contribution is 2.33. The molecule has 0 radical (unpaired) electrons. The van der Waals surface area contributed by atoms with Crippen molar-refractivity contribution in [3.05, 3.63) is 11.6 Å². The third-order valence-electron chi connectivity index (χ3n) is 4.47. The lowest BCUT2D eigenvalue weighted by atomic mass is 9.93. The Morgan fingerprint density at radius 3 is 2.60 bits per heavy atom. The number of aromatic nitrogens is 3. The summed E-state index contributed by atoms with van der Waals surface area (Å²) in [5, 5.41) is 9.99. The number of amides is 1. The Kier molecular flexibility index (Phi) is 4.16. The lowest BCUT2D eigenvalue weighted by molar-refractivity contribution is 0.0916. The summed E-state index contributed by atoms with van der Waals surface area (Å²) in [7, 11) is 0. The van der Waals surface area contributed by atoms with Crippen LogP contribution in [-0.4, -0.2) is 27.1 Å². The second-order valence-electron chi connectivity index (χ2n) is 6.94. The molecule has 2 N–H and O–H groups in total. The van der Waals surface area contributed by atoms with Crippen LogP contribution in [0.1, 0.15) is 70.3 Å². The monoisotopic (exact) mass is 278 g/mol. The fourth-order valence-corrected chi connectivity index (χ4v) is 2.96. The first-order valence-corrected chi connectivity index (χ1v) is 7.56. The molecule has 112 valence electrons. The molecule has 20 heavy (non-hydrogen) atoms. The molecule has 1 aromatic heterocycles. The number of H-pyrrole nitrogens is 1. The summed E-state index contributed by atoms with van der Waals surface area (Å²) >= 11 is 0. The first-order chi connectivity index (χ1) is 9.32. The lowest BCUT2D eigenvalue weighted by Crippen LogP contribution is -2.38. The largest absolute Gasteiger partial charge is 0.346 e. The number of carbonyl (C=O) groups is 1. The second-order valence-corrected chi connectivity index (χ2v) is 6.94. The van der Waals surface area contributed by atoms with Gasteiger partial charge in [-0.2, -0.15) is 0 Å². The van der Waals surface area contributed by atoms with Gasteiger partial charge in [-0.3, -0.25) is 9.89 Å². The van der Waals surface area contributed by atoms with Crippen LogP contribution in [0.15, 0.2) is 0 Å². The molecule has 0 spiro atoms. The number of rotatable bonds is 3. The average molecular weight is 278 g/mol. The number of hydrogen-bond donors (Lipinski definition) is 2. The molecule has 0 bridgehead atoms. The molecule has 5 heteroatoms. The van der Waals surface area contributed by atoms with Crippen LogP contribution >= 0.6 is 0 Å². The minimum absolute atomic E-state index is 0.126. The summed E-state index contributed by atoms with van der Waals surface area (Å²) in [4.78, 5) is 16.5. The van der Waals surface area contributed by atoms with E-state index in [1.54, 1.807) is 0 Å². The zero-order chi connectivity index (χ0) is 14.9. The van der Waals surface area contributed by atoms with Crippen LogP contribution in [0.2, 0.25) is 0 Å². The van der Waals surface area contributed by atoms with E-state index in [1.165, 1.54) is 12.8 Å². The van der Waals surface area contributed by atoms with E-state index in [1.807, 2.05) is 20.8 Å². The van der Waals surface area contributed by atoms with E-state index in [0.717, 1.165) is 18.2 Å². The SMILES string of the molecule is CCC1CCC(NC(=O)c2n[nH]c(C(C)(C)C)n2)C1C. The van der Waals surface area contributed by atoms with Crippen molar-refractivity contribution in [2.75, 3.05) is 0 Å². The highest BCUT2D eigenvalue weighted by atomic mass is 16.2. The van der Waals surface area contributed by atoms with Crippen LogP contribution in [0.5, 0.6) is 0 Å². The molecular weight excluding hydrogens is 252 g/mol. The zero-order valence-corrected chi connectivity index (χ0v) is 13.2. The lowest BCUT2D eigenvalue weighted by Gasteiger charge is -2.20. The molecule has 1 heterocycles. The van der Waals surface area contributed by atoms with Gasteiger partial charge < -0.3 is 5.32 Å². The molecule has 0 aliphatic heterocycles. The van der Waals surface area contributed by atoms with Crippen molar-refractivity contribution in [3.63, 3.8) is 0 Å².